The van der Waals surface area contributed by atoms with Gasteiger partial charge in [0.15, 0.2) is 0 Å². The fourth-order valence-corrected chi connectivity index (χ4v) is 2.57. The maximum absolute atomic E-state index is 5.73. The Morgan fingerprint density at radius 1 is 1.40 bits per heavy atom. The van der Waals surface area contributed by atoms with Crippen LogP contribution in [0.2, 0.25) is 0 Å². The minimum atomic E-state index is 0.618. The van der Waals surface area contributed by atoms with Gasteiger partial charge in [-0.2, -0.15) is 0 Å². The molecule has 1 rings (SSSR count). The van der Waals surface area contributed by atoms with Gasteiger partial charge in [-0.1, -0.05) is 13.8 Å². The average Bonchev–Trinajstić information content (AvgIpc) is 2.45. The lowest BCUT2D eigenvalue weighted by Gasteiger charge is -2.05. The lowest BCUT2D eigenvalue weighted by molar-refractivity contribution is 0.401. The SMILES string of the molecule is CC(C)Cc1nc(CN(C)C)sc1CN. The number of hydrogen-bond donors (Lipinski definition) is 1. The number of nitrogens with zero attached hydrogens (tertiary/aromatic N) is 2. The van der Waals surface area contributed by atoms with Crippen LogP contribution in [0.15, 0.2) is 0 Å². The van der Waals surface area contributed by atoms with Crippen molar-refractivity contribution in [1.82, 2.24) is 9.88 Å². The summed E-state index contributed by atoms with van der Waals surface area (Å²) in [7, 11) is 4.12. The molecule has 0 aliphatic heterocycles. The highest BCUT2D eigenvalue weighted by Gasteiger charge is 2.11. The van der Waals surface area contributed by atoms with Crippen molar-refractivity contribution in [2.75, 3.05) is 14.1 Å². The summed E-state index contributed by atoms with van der Waals surface area (Å²) in [5.74, 6) is 0.643. The molecule has 0 amide bonds. The monoisotopic (exact) mass is 227 g/mol. The van der Waals surface area contributed by atoms with Gasteiger partial charge in [-0.25, -0.2) is 4.98 Å². The minimum Gasteiger partial charge on any atom is -0.326 e. The molecule has 1 aromatic rings. The van der Waals surface area contributed by atoms with E-state index in [2.05, 4.69) is 37.8 Å². The van der Waals surface area contributed by atoms with Crippen LogP contribution in [-0.4, -0.2) is 24.0 Å². The van der Waals surface area contributed by atoms with Gasteiger partial charge in [0.05, 0.1) is 5.69 Å². The van der Waals surface area contributed by atoms with Crippen molar-refractivity contribution in [1.29, 1.82) is 0 Å². The van der Waals surface area contributed by atoms with Crippen LogP contribution in [0.4, 0.5) is 0 Å². The Kier molecular flexibility index (Phi) is 4.70. The van der Waals surface area contributed by atoms with Gasteiger partial charge in [-0.15, -0.1) is 11.3 Å². The molecule has 15 heavy (non-hydrogen) atoms. The Morgan fingerprint density at radius 3 is 2.53 bits per heavy atom. The van der Waals surface area contributed by atoms with Gasteiger partial charge in [0.25, 0.3) is 0 Å². The van der Waals surface area contributed by atoms with Gasteiger partial charge in [0.1, 0.15) is 5.01 Å². The summed E-state index contributed by atoms with van der Waals surface area (Å²) in [6, 6.07) is 0. The molecule has 0 fully saturated rings. The third kappa shape index (κ3) is 3.89. The van der Waals surface area contributed by atoms with Gasteiger partial charge in [0, 0.05) is 18.0 Å². The highest BCUT2D eigenvalue weighted by atomic mass is 32.1. The predicted octanol–water partition coefficient (Wildman–Crippen LogP) is 1.86. The second-order valence-electron chi connectivity index (χ2n) is 4.52. The molecule has 1 heterocycles. The molecule has 3 nitrogen and oxygen atoms in total. The molecule has 2 N–H and O–H groups in total. The topological polar surface area (TPSA) is 42.2 Å². The number of thiazole rings is 1. The van der Waals surface area contributed by atoms with Gasteiger partial charge in [-0.05, 0) is 26.4 Å². The van der Waals surface area contributed by atoms with E-state index in [9.17, 15) is 0 Å². The van der Waals surface area contributed by atoms with Crippen LogP contribution in [-0.2, 0) is 19.5 Å². The maximum Gasteiger partial charge on any atom is 0.107 e. The molecule has 0 aromatic carbocycles. The van der Waals surface area contributed by atoms with Crippen LogP contribution >= 0.6 is 11.3 Å². The Labute approximate surface area is 96.3 Å². The van der Waals surface area contributed by atoms with E-state index in [1.165, 1.54) is 15.6 Å². The lowest BCUT2D eigenvalue weighted by atomic mass is 10.1. The Bertz CT molecular complexity index is 305. The van der Waals surface area contributed by atoms with Gasteiger partial charge < -0.3 is 10.6 Å². The number of rotatable bonds is 5. The fraction of sp³-hybridized carbons (Fsp3) is 0.727. The molecule has 0 atom stereocenters. The third-order valence-corrected chi connectivity index (χ3v) is 3.17. The summed E-state index contributed by atoms with van der Waals surface area (Å²) in [5.41, 5.74) is 6.93. The summed E-state index contributed by atoms with van der Waals surface area (Å²) in [5, 5.41) is 1.18. The standard InChI is InChI=1S/C11H21N3S/c1-8(2)5-9-10(6-12)15-11(13-9)7-14(3)4/h8H,5-7,12H2,1-4H3. The molecule has 0 saturated carbocycles. The molecule has 0 aliphatic rings. The summed E-state index contributed by atoms with van der Waals surface area (Å²) < 4.78 is 0. The predicted molar refractivity (Wildman–Crippen MR) is 65.9 cm³/mol. The fourth-order valence-electron chi connectivity index (χ4n) is 1.48. The zero-order chi connectivity index (χ0) is 11.4. The van der Waals surface area contributed by atoms with Crippen molar-refractivity contribution in [3.63, 3.8) is 0 Å². The van der Waals surface area contributed by atoms with Crippen LogP contribution in [0.25, 0.3) is 0 Å². The van der Waals surface area contributed by atoms with Crippen molar-refractivity contribution in [2.24, 2.45) is 11.7 Å². The van der Waals surface area contributed by atoms with Crippen molar-refractivity contribution in [3.05, 3.63) is 15.6 Å². The minimum absolute atomic E-state index is 0.618. The molecule has 0 spiro atoms. The first-order valence-corrected chi connectivity index (χ1v) is 6.16. The molecular formula is C11H21N3S. The first-order chi connectivity index (χ1) is 7.02. The zero-order valence-corrected chi connectivity index (χ0v) is 10.9. The van der Waals surface area contributed by atoms with Crippen molar-refractivity contribution in [2.45, 2.75) is 33.4 Å². The Hall–Kier alpha value is -0.450. The second kappa shape index (κ2) is 5.58. The first-order valence-electron chi connectivity index (χ1n) is 5.35. The molecule has 86 valence electrons. The van der Waals surface area contributed by atoms with Gasteiger partial charge >= 0.3 is 0 Å². The normalized spacial score (nSPS) is 11.7. The Morgan fingerprint density at radius 2 is 2.07 bits per heavy atom. The number of aromatic nitrogens is 1. The van der Waals surface area contributed by atoms with Crippen LogP contribution < -0.4 is 5.73 Å². The van der Waals surface area contributed by atoms with Crippen LogP contribution in [0, 0.1) is 5.92 Å². The van der Waals surface area contributed by atoms with Crippen LogP contribution in [0.3, 0.4) is 0 Å². The molecule has 0 bridgehead atoms. The molecule has 0 saturated heterocycles. The number of hydrogen-bond acceptors (Lipinski definition) is 4. The summed E-state index contributed by atoms with van der Waals surface area (Å²) in [6.07, 6.45) is 1.04. The maximum atomic E-state index is 5.73. The van der Waals surface area contributed by atoms with Gasteiger partial charge in [0.2, 0.25) is 0 Å². The summed E-state index contributed by atoms with van der Waals surface area (Å²) in [4.78, 5) is 8.05. The molecule has 0 aliphatic carbocycles. The van der Waals surface area contributed by atoms with E-state index in [0.29, 0.717) is 12.5 Å². The van der Waals surface area contributed by atoms with Crippen LogP contribution in [0.5, 0.6) is 0 Å². The first kappa shape index (κ1) is 12.6. The quantitative estimate of drug-likeness (QED) is 0.835. The number of nitrogens with two attached hydrogens (primary N) is 1. The largest absolute Gasteiger partial charge is 0.326 e. The smallest absolute Gasteiger partial charge is 0.107 e. The van der Waals surface area contributed by atoms with Gasteiger partial charge in [-0.3, -0.25) is 0 Å². The van der Waals surface area contributed by atoms with E-state index >= 15 is 0 Å². The lowest BCUT2D eigenvalue weighted by Crippen LogP contribution is -2.10. The van der Waals surface area contributed by atoms with Crippen LogP contribution in [0.1, 0.15) is 29.4 Å². The van der Waals surface area contributed by atoms with Crippen molar-refractivity contribution in [3.8, 4) is 0 Å². The van der Waals surface area contributed by atoms with E-state index in [1.807, 2.05) is 0 Å². The third-order valence-electron chi connectivity index (χ3n) is 2.06. The molecule has 1 aromatic heterocycles. The molecule has 0 unspecified atom stereocenters. The summed E-state index contributed by atoms with van der Waals surface area (Å²) >= 11 is 1.75. The molecule has 4 heteroatoms. The molecule has 0 radical (unpaired) electrons. The summed E-state index contributed by atoms with van der Waals surface area (Å²) in [6.45, 7) is 5.96. The van der Waals surface area contributed by atoms with E-state index in [-0.39, 0.29) is 0 Å². The average molecular weight is 227 g/mol. The van der Waals surface area contributed by atoms with E-state index < -0.39 is 0 Å². The van der Waals surface area contributed by atoms with E-state index in [1.54, 1.807) is 11.3 Å². The Balaban J connectivity index is 2.80. The molecular weight excluding hydrogens is 206 g/mol. The van der Waals surface area contributed by atoms with Crippen molar-refractivity contribution < 1.29 is 0 Å². The zero-order valence-electron chi connectivity index (χ0n) is 10.1. The highest BCUT2D eigenvalue weighted by Crippen LogP contribution is 2.21. The van der Waals surface area contributed by atoms with Crippen molar-refractivity contribution >= 4 is 11.3 Å². The van der Waals surface area contributed by atoms with E-state index in [0.717, 1.165) is 13.0 Å². The van der Waals surface area contributed by atoms with E-state index in [4.69, 9.17) is 5.73 Å². The highest BCUT2D eigenvalue weighted by molar-refractivity contribution is 7.11. The second-order valence-corrected chi connectivity index (χ2v) is 5.69.